The van der Waals surface area contributed by atoms with E-state index in [0.717, 1.165) is 15.9 Å². The molecule has 2 aromatic rings. The van der Waals surface area contributed by atoms with Crippen LogP contribution in [0.15, 0.2) is 34.9 Å². The number of nitrogen functional groups attached to an aromatic ring is 1. The molecule has 0 fully saturated rings. The van der Waals surface area contributed by atoms with Crippen molar-refractivity contribution in [2.24, 2.45) is 5.73 Å². The maximum absolute atomic E-state index is 11.2. The molecule has 0 unspecified atom stereocenters. The van der Waals surface area contributed by atoms with Gasteiger partial charge in [0.25, 0.3) is 5.91 Å². The van der Waals surface area contributed by atoms with Crippen LogP contribution in [-0.4, -0.2) is 18.0 Å². The molecule has 0 aliphatic heterocycles. The molecule has 1 aromatic heterocycles. The number of primary amides is 1. The number of hydrogen-bond acceptors (Lipinski definition) is 5. The second-order valence-electron chi connectivity index (χ2n) is 4.00. The number of aromatic nitrogens is 1. The van der Waals surface area contributed by atoms with Gasteiger partial charge in [0.15, 0.2) is 0 Å². The molecule has 1 aromatic carbocycles. The number of nitrogens with one attached hydrogen (secondary N) is 1. The highest BCUT2D eigenvalue weighted by molar-refractivity contribution is 9.10. The Morgan fingerprint density at radius 2 is 2.15 bits per heavy atom. The SMILES string of the molecule is COc1ccc(Nc2cc(C(N)=O)c(N)cn2)cc1Br. The van der Waals surface area contributed by atoms with Crippen molar-refractivity contribution in [3.63, 3.8) is 0 Å². The molecule has 0 saturated carbocycles. The topological polar surface area (TPSA) is 103 Å². The van der Waals surface area contributed by atoms with Gasteiger partial charge in [-0.2, -0.15) is 0 Å². The Labute approximate surface area is 124 Å². The number of methoxy groups -OCH3 is 1. The smallest absolute Gasteiger partial charge is 0.250 e. The van der Waals surface area contributed by atoms with Gasteiger partial charge in [-0.15, -0.1) is 0 Å². The number of nitrogens with two attached hydrogens (primary N) is 2. The molecule has 0 aliphatic carbocycles. The van der Waals surface area contributed by atoms with Gasteiger partial charge in [0.05, 0.1) is 29.0 Å². The zero-order chi connectivity index (χ0) is 14.7. The molecule has 6 nitrogen and oxygen atoms in total. The number of benzene rings is 1. The van der Waals surface area contributed by atoms with Crippen LogP contribution in [0, 0.1) is 0 Å². The predicted octanol–water partition coefficient (Wildman–Crippen LogP) is 2.28. The van der Waals surface area contributed by atoms with E-state index < -0.39 is 5.91 Å². The molecule has 0 radical (unpaired) electrons. The molecule has 0 atom stereocenters. The van der Waals surface area contributed by atoms with Crippen LogP contribution in [0.25, 0.3) is 0 Å². The lowest BCUT2D eigenvalue weighted by molar-refractivity contribution is 0.100. The van der Waals surface area contributed by atoms with Gasteiger partial charge in [0.1, 0.15) is 11.6 Å². The fourth-order valence-corrected chi connectivity index (χ4v) is 2.18. The standard InChI is InChI=1S/C13H13BrN4O2/c1-20-11-3-2-7(4-9(11)14)18-12-5-8(13(16)19)10(15)6-17-12/h2-6H,15H2,1H3,(H2,16,19)(H,17,18). The van der Waals surface area contributed by atoms with Crippen molar-refractivity contribution in [3.8, 4) is 5.75 Å². The fourth-order valence-electron chi connectivity index (χ4n) is 1.64. The number of ether oxygens (including phenoxy) is 1. The maximum Gasteiger partial charge on any atom is 0.250 e. The molecule has 5 N–H and O–H groups in total. The van der Waals surface area contributed by atoms with E-state index in [1.807, 2.05) is 12.1 Å². The average molecular weight is 337 g/mol. The molecule has 0 bridgehead atoms. The summed E-state index contributed by atoms with van der Waals surface area (Å²) in [5.74, 6) is 0.604. The molecular weight excluding hydrogens is 324 g/mol. The number of nitrogens with zero attached hydrogens (tertiary/aromatic N) is 1. The summed E-state index contributed by atoms with van der Waals surface area (Å²) in [7, 11) is 1.59. The minimum atomic E-state index is -0.594. The number of pyridine rings is 1. The van der Waals surface area contributed by atoms with Crippen molar-refractivity contribution in [1.82, 2.24) is 4.98 Å². The Kier molecular flexibility index (Phi) is 4.09. The number of rotatable bonds is 4. The summed E-state index contributed by atoms with van der Waals surface area (Å²) in [5, 5.41) is 3.06. The van der Waals surface area contributed by atoms with E-state index in [1.165, 1.54) is 12.3 Å². The Bertz CT molecular complexity index is 661. The summed E-state index contributed by atoms with van der Waals surface area (Å²) in [6.45, 7) is 0. The van der Waals surface area contributed by atoms with E-state index in [1.54, 1.807) is 13.2 Å². The zero-order valence-electron chi connectivity index (χ0n) is 10.7. The molecule has 0 saturated heterocycles. The number of anilines is 3. The lowest BCUT2D eigenvalue weighted by Gasteiger charge is -2.10. The summed E-state index contributed by atoms with van der Waals surface area (Å²) >= 11 is 3.39. The Hall–Kier alpha value is -2.28. The van der Waals surface area contributed by atoms with Crippen molar-refractivity contribution < 1.29 is 9.53 Å². The molecule has 20 heavy (non-hydrogen) atoms. The Morgan fingerprint density at radius 1 is 1.40 bits per heavy atom. The van der Waals surface area contributed by atoms with E-state index in [-0.39, 0.29) is 11.3 Å². The minimum absolute atomic E-state index is 0.232. The monoisotopic (exact) mass is 336 g/mol. The Morgan fingerprint density at radius 3 is 2.75 bits per heavy atom. The summed E-state index contributed by atoms with van der Waals surface area (Å²) in [5.41, 5.74) is 12.1. The lowest BCUT2D eigenvalue weighted by Crippen LogP contribution is -2.14. The van der Waals surface area contributed by atoms with Gasteiger partial charge in [-0.05, 0) is 40.2 Å². The number of hydrogen-bond donors (Lipinski definition) is 3. The first kappa shape index (κ1) is 14.1. The third-order valence-electron chi connectivity index (χ3n) is 2.62. The van der Waals surface area contributed by atoms with E-state index in [2.05, 4.69) is 26.2 Å². The van der Waals surface area contributed by atoms with Gasteiger partial charge >= 0.3 is 0 Å². The van der Waals surface area contributed by atoms with Crippen LogP contribution in [0.3, 0.4) is 0 Å². The normalized spacial score (nSPS) is 10.1. The van der Waals surface area contributed by atoms with Crippen molar-refractivity contribution in [2.75, 3.05) is 18.2 Å². The molecule has 2 rings (SSSR count). The predicted molar refractivity (Wildman–Crippen MR) is 81.1 cm³/mol. The third-order valence-corrected chi connectivity index (χ3v) is 3.24. The highest BCUT2D eigenvalue weighted by atomic mass is 79.9. The molecular formula is C13H13BrN4O2. The number of amides is 1. The highest BCUT2D eigenvalue weighted by Crippen LogP contribution is 2.29. The number of carbonyl (C=O) groups excluding carboxylic acids is 1. The quantitative estimate of drug-likeness (QED) is 0.794. The molecule has 0 aliphatic rings. The van der Waals surface area contributed by atoms with Crippen molar-refractivity contribution in [3.05, 3.63) is 40.5 Å². The molecule has 1 heterocycles. The van der Waals surface area contributed by atoms with E-state index in [9.17, 15) is 4.79 Å². The largest absolute Gasteiger partial charge is 0.496 e. The van der Waals surface area contributed by atoms with Crippen LogP contribution in [0.2, 0.25) is 0 Å². The first-order valence-electron chi connectivity index (χ1n) is 5.67. The van der Waals surface area contributed by atoms with Crippen molar-refractivity contribution in [1.29, 1.82) is 0 Å². The number of halogens is 1. The summed E-state index contributed by atoms with van der Waals surface area (Å²) in [6, 6.07) is 6.97. The molecule has 104 valence electrons. The van der Waals surface area contributed by atoms with Gasteiger partial charge in [0.2, 0.25) is 0 Å². The van der Waals surface area contributed by atoms with Crippen molar-refractivity contribution in [2.45, 2.75) is 0 Å². The van der Waals surface area contributed by atoms with E-state index in [4.69, 9.17) is 16.2 Å². The van der Waals surface area contributed by atoms with Crippen molar-refractivity contribution >= 4 is 39.0 Å². The average Bonchev–Trinajstić information content (AvgIpc) is 2.41. The number of carbonyl (C=O) groups is 1. The Balaban J connectivity index is 2.28. The summed E-state index contributed by atoms with van der Waals surface area (Å²) in [6.07, 6.45) is 1.39. The van der Waals surface area contributed by atoms with Crippen LogP contribution >= 0.6 is 15.9 Å². The van der Waals surface area contributed by atoms with Crippen LogP contribution in [0.5, 0.6) is 5.75 Å². The molecule has 0 spiro atoms. The first-order valence-corrected chi connectivity index (χ1v) is 6.46. The van der Waals surface area contributed by atoms with Crippen LogP contribution in [-0.2, 0) is 0 Å². The van der Waals surface area contributed by atoms with Crippen LogP contribution in [0.1, 0.15) is 10.4 Å². The lowest BCUT2D eigenvalue weighted by atomic mass is 10.2. The molecule has 1 amide bonds. The highest BCUT2D eigenvalue weighted by Gasteiger charge is 2.08. The van der Waals surface area contributed by atoms with Gasteiger partial charge in [-0.25, -0.2) is 4.98 Å². The second-order valence-corrected chi connectivity index (χ2v) is 4.85. The van der Waals surface area contributed by atoms with Gasteiger partial charge < -0.3 is 21.5 Å². The summed E-state index contributed by atoms with van der Waals surface area (Å²) < 4.78 is 5.95. The van der Waals surface area contributed by atoms with Crippen LogP contribution < -0.4 is 21.5 Å². The third kappa shape index (κ3) is 3.00. The zero-order valence-corrected chi connectivity index (χ0v) is 12.3. The maximum atomic E-state index is 11.2. The van der Waals surface area contributed by atoms with Gasteiger partial charge in [-0.3, -0.25) is 4.79 Å². The second kappa shape index (κ2) is 5.79. The van der Waals surface area contributed by atoms with Gasteiger partial charge in [-0.1, -0.05) is 0 Å². The molecule has 7 heteroatoms. The van der Waals surface area contributed by atoms with E-state index in [0.29, 0.717) is 5.82 Å². The van der Waals surface area contributed by atoms with Gasteiger partial charge in [0, 0.05) is 5.69 Å². The fraction of sp³-hybridized carbons (Fsp3) is 0.0769. The van der Waals surface area contributed by atoms with E-state index >= 15 is 0 Å². The first-order chi connectivity index (χ1) is 9.51. The minimum Gasteiger partial charge on any atom is -0.496 e. The van der Waals surface area contributed by atoms with Crippen LogP contribution in [0.4, 0.5) is 17.2 Å². The summed E-state index contributed by atoms with van der Waals surface area (Å²) in [4.78, 5) is 15.3.